The maximum absolute atomic E-state index is 13.3. The van der Waals surface area contributed by atoms with Crippen molar-refractivity contribution in [3.63, 3.8) is 0 Å². The number of aliphatic imine (C=N–C) groups is 1. The molecular formula is C20H25FN6O5S. The number of carbonyl (C=O) groups is 2. The molecule has 33 heavy (non-hydrogen) atoms. The van der Waals surface area contributed by atoms with E-state index in [4.69, 9.17) is 11.5 Å². The Morgan fingerprint density at radius 3 is 2.67 bits per heavy atom. The van der Waals surface area contributed by atoms with E-state index in [9.17, 15) is 27.2 Å². The number of pyridine rings is 1. The van der Waals surface area contributed by atoms with Crippen molar-refractivity contribution in [1.29, 1.82) is 0 Å². The van der Waals surface area contributed by atoms with E-state index in [2.05, 4.69) is 15.0 Å². The van der Waals surface area contributed by atoms with E-state index in [-0.39, 0.29) is 17.2 Å². The Hall–Kier alpha value is -3.74. The third kappa shape index (κ3) is 8.73. The van der Waals surface area contributed by atoms with Crippen LogP contribution in [0, 0.1) is 5.82 Å². The van der Waals surface area contributed by atoms with Crippen LogP contribution in [-0.4, -0.2) is 43.7 Å². The number of anilines is 1. The maximum Gasteiger partial charge on any atom is 0.275 e. The molecule has 0 spiro atoms. The van der Waals surface area contributed by atoms with Gasteiger partial charge in [-0.3, -0.25) is 19.3 Å². The molecule has 178 valence electrons. The molecule has 1 aromatic carbocycles. The number of guanidine groups is 1. The zero-order chi connectivity index (χ0) is 24.4. The van der Waals surface area contributed by atoms with E-state index in [1.807, 2.05) is 0 Å². The second kappa shape index (κ2) is 11.8. The number of nitrogens with one attached hydrogen (secondary N) is 2. The van der Waals surface area contributed by atoms with Crippen molar-refractivity contribution in [1.82, 2.24) is 9.88 Å². The number of amides is 1. The van der Waals surface area contributed by atoms with Gasteiger partial charge >= 0.3 is 0 Å². The van der Waals surface area contributed by atoms with E-state index in [1.54, 1.807) is 0 Å². The Kier molecular flexibility index (Phi) is 9.09. The second-order valence-corrected chi connectivity index (χ2v) is 8.83. The van der Waals surface area contributed by atoms with Crippen molar-refractivity contribution in [2.75, 3.05) is 11.3 Å². The number of hydrogen-bond donors (Lipinski definition) is 4. The molecular weight excluding hydrogens is 455 g/mol. The Morgan fingerprint density at radius 1 is 1.24 bits per heavy atom. The summed E-state index contributed by atoms with van der Waals surface area (Å²) in [4.78, 5) is 39.9. The quantitative estimate of drug-likeness (QED) is 0.139. The summed E-state index contributed by atoms with van der Waals surface area (Å²) in [6, 6.07) is 6.92. The Morgan fingerprint density at radius 2 is 2.00 bits per heavy atom. The van der Waals surface area contributed by atoms with Crippen LogP contribution < -0.4 is 27.1 Å². The Bertz CT molecular complexity index is 1180. The van der Waals surface area contributed by atoms with Gasteiger partial charge in [-0.2, -0.15) is 0 Å². The van der Waals surface area contributed by atoms with E-state index in [0.717, 1.165) is 10.6 Å². The minimum atomic E-state index is -4.02. The molecule has 0 saturated carbocycles. The van der Waals surface area contributed by atoms with Crippen molar-refractivity contribution in [3.8, 4) is 0 Å². The summed E-state index contributed by atoms with van der Waals surface area (Å²) in [7, 11) is -4.02. The summed E-state index contributed by atoms with van der Waals surface area (Å²) >= 11 is 0. The molecule has 2 aromatic rings. The number of halogens is 1. The average Bonchev–Trinajstić information content (AvgIpc) is 2.72. The number of rotatable bonds is 12. The molecule has 0 aliphatic heterocycles. The molecule has 1 unspecified atom stereocenters. The first-order valence-electron chi connectivity index (χ1n) is 9.84. The number of aromatic nitrogens is 1. The van der Waals surface area contributed by atoms with Crippen molar-refractivity contribution < 1.29 is 22.4 Å². The molecule has 13 heteroatoms. The molecule has 0 aliphatic rings. The zero-order valence-electron chi connectivity index (χ0n) is 17.6. The van der Waals surface area contributed by atoms with Crippen LogP contribution in [0.3, 0.4) is 0 Å². The fourth-order valence-electron chi connectivity index (χ4n) is 2.89. The van der Waals surface area contributed by atoms with Gasteiger partial charge < -0.3 is 26.1 Å². The lowest BCUT2D eigenvalue weighted by atomic mass is 10.2. The van der Waals surface area contributed by atoms with Gasteiger partial charge in [0.25, 0.3) is 5.56 Å². The van der Waals surface area contributed by atoms with Gasteiger partial charge in [-0.15, -0.1) is 0 Å². The summed E-state index contributed by atoms with van der Waals surface area (Å²) < 4.78 is 41.2. The topological polar surface area (TPSA) is 179 Å². The first kappa shape index (κ1) is 25.5. The van der Waals surface area contributed by atoms with Crippen LogP contribution in [-0.2, 0) is 31.9 Å². The molecule has 6 N–H and O–H groups in total. The summed E-state index contributed by atoms with van der Waals surface area (Å²) in [6.07, 6.45) is 2.61. The summed E-state index contributed by atoms with van der Waals surface area (Å²) in [5.74, 6) is -1.82. The molecule has 0 aliphatic carbocycles. The van der Waals surface area contributed by atoms with E-state index in [1.165, 1.54) is 36.5 Å². The van der Waals surface area contributed by atoms with Gasteiger partial charge in [-0.25, -0.2) is 12.8 Å². The van der Waals surface area contributed by atoms with Crippen LogP contribution in [0.1, 0.15) is 18.4 Å². The summed E-state index contributed by atoms with van der Waals surface area (Å²) in [6.45, 7) is -0.143. The third-order valence-corrected chi connectivity index (χ3v) is 5.57. The maximum atomic E-state index is 13.3. The molecule has 0 radical (unpaired) electrons. The molecule has 0 saturated heterocycles. The highest BCUT2D eigenvalue weighted by Gasteiger charge is 2.17. The molecule has 1 heterocycles. The van der Waals surface area contributed by atoms with E-state index in [0.29, 0.717) is 25.7 Å². The van der Waals surface area contributed by atoms with Gasteiger partial charge in [0, 0.05) is 12.7 Å². The van der Waals surface area contributed by atoms with Crippen molar-refractivity contribution in [2.24, 2.45) is 16.5 Å². The van der Waals surface area contributed by atoms with Crippen LogP contribution in [0.15, 0.2) is 52.4 Å². The fraction of sp³-hybridized carbons (Fsp3) is 0.300. The molecule has 0 bridgehead atoms. The van der Waals surface area contributed by atoms with Gasteiger partial charge in [0.1, 0.15) is 24.3 Å². The predicted octanol–water partition coefficient (Wildman–Crippen LogP) is -0.333. The monoisotopic (exact) mass is 480 g/mol. The highest BCUT2D eigenvalue weighted by atomic mass is 32.2. The number of aldehydes is 1. The highest BCUT2D eigenvalue weighted by Crippen LogP contribution is 2.11. The average molecular weight is 481 g/mol. The number of carbonyl (C=O) groups excluding carboxylic acids is 2. The molecule has 11 nitrogen and oxygen atoms in total. The lowest BCUT2D eigenvalue weighted by Crippen LogP contribution is -2.40. The van der Waals surface area contributed by atoms with Gasteiger partial charge in [0.2, 0.25) is 15.9 Å². The van der Waals surface area contributed by atoms with Gasteiger partial charge in [0.05, 0.1) is 11.8 Å². The van der Waals surface area contributed by atoms with Crippen molar-refractivity contribution in [2.45, 2.75) is 31.2 Å². The SMILES string of the molecule is NC(N)=NCCCC(C=O)NC(=O)Cn1cccc(NS(=O)(=O)Cc2cccc(F)c2)c1=O. The number of benzene rings is 1. The second-order valence-electron chi connectivity index (χ2n) is 7.10. The predicted molar refractivity (Wildman–Crippen MR) is 121 cm³/mol. The molecule has 1 aromatic heterocycles. The third-order valence-electron chi connectivity index (χ3n) is 4.32. The van der Waals surface area contributed by atoms with Crippen molar-refractivity contribution >= 4 is 33.9 Å². The summed E-state index contributed by atoms with van der Waals surface area (Å²) in [5.41, 5.74) is 9.61. The van der Waals surface area contributed by atoms with Crippen LogP contribution in [0.2, 0.25) is 0 Å². The van der Waals surface area contributed by atoms with Crippen LogP contribution in [0.25, 0.3) is 0 Å². The molecule has 1 atom stereocenters. The standard InChI is InChI=1S/C20H25FN6O5S/c21-15-5-1-4-14(10-15)13-33(31,32)26-17-7-3-9-27(19(17)30)11-18(29)25-16(12-28)6-2-8-24-20(22)23/h1,3-5,7,9-10,12,16,26H,2,6,8,11,13H2,(H,25,29)(H4,22,23,24). The smallest absolute Gasteiger partial charge is 0.275 e. The van der Waals surface area contributed by atoms with Crippen LogP contribution in [0.4, 0.5) is 10.1 Å². The first-order chi connectivity index (χ1) is 15.6. The van der Waals surface area contributed by atoms with Crippen molar-refractivity contribution in [3.05, 3.63) is 64.3 Å². The first-order valence-corrected chi connectivity index (χ1v) is 11.5. The minimum Gasteiger partial charge on any atom is -0.370 e. The lowest BCUT2D eigenvalue weighted by Gasteiger charge is -2.14. The fourth-order valence-corrected chi connectivity index (χ4v) is 4.07. The van der Waals surface area contributed by atoms with Crippen LogP contribution >= 0.6 is 0 Å². The van der Waals surface area contributed by atoms with E-state index >= 15 is 0 Å². The number of nitrogens with zero attached hydrogens (tertiary/aromatic N) is 2. The van der Waals surface area contributed by atoms with Gasteiger partial charge in [-0.1, -0.05) is 12.1 Å². The van der Waals surface area contributed by atoms with Crippen LogP contribution in [0.5, 0.6) is 0 Å². The number of nitrogens with two attached hydrogens (primary N) is 2. The minimum absolute atomic E-state index is 0.0764. The number of sulfonamides is 1. The Balaban J connectivity index is 2.02. The Labute approximate surface area is 189 Å². The molecule has 2 rings (SSSR count). The summed E-state index contributed by atoms with van der Waals surface area (Å²) in [5, 5.41) is 2.48. The largest absolute Gasteiger partial charge is 0.370 e. The highest BCUT2D eigenvalue weighted by molar-refractivity contribution is 7.91. The number of hydrogen-bond acceptors (Lipinski definition) is 6. The normalized spacial score (nSPS) is 11.9. The van der Waals surface area contributed by atoms with Gasteiger partial charge in [-0.05, 0) is 42.7 Å². The van der Waals surface area contributed by atoms with Gasteiger partial charge in [0.15, 0.2) is 5.96 Å². The molecule has 1 amide bonds. The van der Waals surface area contributed by atoms with E-state index < -0.39 is 45.6 Å². The lowest BCUT2D eigenvalue weighted by molar-refractivity contribution is -0.124. The zero-order valence-corrected chi connectivity index (χ0v) is 18.4. The molecule has 0 fully saturated rings.